The first-order chi connectivity index (χ1) is 8.08. The third-order valence-corrected chi connectivity index (χ3v) is 2.13. The van der Waals surface area contributed by atoms with Gasteiger partial charge in [-0.1, -0.05) is 6.92 Å². The fraction of sp³-hybridized carbons (Fsp3) is 0.333. The molecule has 5 heteroatoms. The number of nitrogen functional groups attached to an aromatic ring is 1. The minimum Gasteiger partial charge on any atom is -0.462 e. The lowest BCUT2D eigenvalue weighted by Gasteiger charge is -2.10. The minimum atomic E-state index is -0.494. The molecule has 0 heterocycles. The molecular formula is C12H16N2O3. The number of ether oxygens (including phenoxy) is 1. The van der Waals surface area contributed by atoms with Crippen molar-refractivity contribution in [2.24, 2.45) is 0 Å². The molecule has 0 aliphatic rings. The van der Waals surface area contributed by atoms with E-state index in [1.54, 1.807) is 26.0 Å². The maximum atomic E-state index is 11.7. The number of benzene rings is 1. The van der Waals surface area contributed by atoms with Crippen molar-refractivity contribution in [1.29, 1.82) is 0 Å². The average molecular weight is 236 g/mol. The van der Waals surface area contributed by atoms with E-state index in [9.17, 15) is 9.59 Å². The molecule has 0 unspecified atom stereocenters. The summed E-state index contributed by atoms with van der Waals surface area (Å²) >= 11 is 0. The van der Waals surface area contributed by atoms with Crippen LogP contribution in [0.5, 0.6) is 0 Å². The van der Waals surface area contributed by atoms with E-state index in [-0.39, 0.29) is 18.1 Å². The molecule has 0 aromatic heterocycles. The number of hydrogen-bond donors (Lipinski definition) is 2. The summed E-state index contributed by atoms with van der Waals surface area (Å²) in [5.74, 6) is -0.661. The molecule has 1 aromatic rings. The highest BCUT2D eigenvalue weighted by Crippen LogP contribution is 2.20. The van der Waals surface area contributed by atoms with Gasteiger partial charge in [0.2, 0.25) is 5.91 Å². The van der Waals surface area contributed by atoms with Crippen LogP contribution in [0, 0.1) is 0 Å². The van der Waals surface area contributed by atoms with Crippen molar-refractivity contribution in [3.8, 4) is 0 Å². The van der Waals surface area contributed by atoms with Gasteiger partial charge in [-0.25, -0.2) is 4.79 Å². The van der Waals surface area contributed by atoms with E-state index in [0.29, 0.717) is 17.8 Å². The van der Waals surface area contributed by atoms with Gasteiger partial charge in [0.25, 0.3) is 0 Å². The Kier molecular flexibility index (Phi) is 4.51. The molecular weight excluding hydrogens is 220 g/mol. The highest BCUT2D eigenvalue weighted by atomic mass is 16.5. The van der Waals surface area contributed by atoms with Crippen LogP contribution < -0.4 is 11.1 Å². The maximum absolute atomic E-state index is 11.7. The molecule has 92 valence electrons. The van der Waals surface area contributed by atoms with Crippen molar-refractivity contribution in [3.05, 3.63) is 23.8 Å². The molecule has 0 saturated heterocycles. The second-order valence-corrected chi connectivity index (χ2v) is 3.43. The summed E-state index contributed by atoms with van der Waals surface area (Å²) < 4.78 is 4.89. The highest BCUT2D eigenvalue weighted by Gasteiger charge is 2.14. The van der Waals surface area contributed by atoms with E-state index >= 15 is 0 Å². The van der Waals surface area contributed by atoms with Crippen molar-refractivity contribution in [1.82, 2.24) is 0 Å². The van der Waals surface area contributed by atoms with Crippen LogP contribution in [-0.2, 0) is 9.53 Å². The summed E-state index contributed by atoms with van der Waals surface area (Å²) in [5, 5.41) is 2.63. The zero-order valence-electron chi connectivity index (χ0n) is 9.95. The number of amides is 1. The predicted molar refractivity (Wildman–Crippen MR) is 65.7 cm³/mol. The van der Waals surface area contributed by atoms with Crippen LogP contribution in [-0.4, -0.2) is 18.5 Å². The molecule has 0 fully saturated rings. The van der Waals surface area contributed by atoms with E-state index in [1.165, 1.54) is 6.07 Å². The molecule has 0 radical (unpaired) electrons. The Bertz CT molecular complexity index is 430. The number of carbonyl (C=O) groups is 2. The fourth-order valence-corrected chi connectivity index (χ4v) is 1.29. The maximum Gasteiger partial charge on any atom is 0.340 e. The van der Waals surface area contributed by atoms with E-state index < -0.39 is 5.97 Å². The number of nitrogens with two attached hydrogens (primary N) is 1. The van der Waals surface area contributed by atoms with Crippen molar-refractivity contribution in [2.75, 3.05) is 17.7 Å². The van der Waals surface area contributed by atoms with Gasteiger partial charge in [-0.15, -0.1) is 0 Å². The molecule has 5 nitrogen and oxygen atoms in total. The first-order valence-corrected chi connectivity index (χ1v) is 5.45. The van der Waals surface area contributed by atoms with Crippen molar-refractivity contribution >= 4 is 23.3 Å². The predicted octanol–water partition coefficient (Wildman–Crippen LogP) is 1.79. The quantitative estimate of drug-likeness (QED) is 0.617. The molecule has 0 atom stereocenters. The van der Waals surface area contributed by atoms with Crippen LogP contribution in [0.1, 0.15) is 30.6 Å². The fourth-order valence-electron chi connectivity index (χ4n) is 1.29. The Morgan fingerprint density at radius 3 is 2.65 bits per heavy atom. The number of nitrogens with one attached hydrogen (secondary N) is 1. The normalized spacial score (nSPS) is 9.76. The summed E-state index contributed by atoms with van der Waals surface area (Å²) in [6.07, 6.45) is 0.340. The topological polar surface area (TPSA) is 81.4 Å². The minimum absolute atomic E-state index is 0.166. The van der Waals surface area contributed by atoms with E-state index in [0.717, 1.165) is 0 Å². The smallest absolute Gasteiger partial charge is 0.340 e. The lowest BCUT2D eigenvalue weighted by molar-refractivity contribution is -0.115. The van der Waals surface area contributed by atoms with Crippen LogP contribution in [0.4, 0.5) is 11.4 Å². The summed E-state index contributed by atoms with van der Waals surface area (Å²) in [6, 6.07) is 4.70. The number of anilines is 2. The molecule has 1 rings (SSSR count). The Morgan fingerprint density at radius 2 is 2.06 bits per heavy atom. The number of hydrogen-bond acceptors (Lipinski definition) is 4. The number of rotatable bonds is 4. The van der Waals surface area contributed by atoms with E-state index in [1.807, 2.05) is 0 Å². The van der Waals surface area contributed by atoms with Gasteiger partial charge in [0.05, 0.1) is 17.9 Å². The summed E-state index contributed by atoms with van der Waals surface area (Å²) in [7, 11) is 0. The lowest BCUT2D eigenvalue weighted by atomic mass is 10.1. The molecule has 1 aromatic carbocycles. The molecule has 0 aliphatic heterocycles. The summed E-state index contributed by atoms with van der Waals surface area (Å²) in [6.45, 7) is 3.72. The van der Waals surface area contributed by atoms with Gasteiger partial charge in [0.15, 0.2) is 0 Å². The summed E-state index contributed by atoms with van der Waals surface area (Å²) in [5.41, 5.74) is 6.74. The van der Waals surface area contributed by atoms with E-state index in [4.69, 9.17) is 10.5 Å². The van der Waals surface area contributed by atoms with Crippen molar-refractivity contribution < 1.29 is 14.3 Å². The average Bonchev–Trinajstić information content (AvgIpc) is 2.31. The number of carbonyl (C=O) groups excluding carboxylic acids is 2. The van der Waals surface area contributed by atoms with Gasteiger partial charge in [0, 0.05) is 12.1 Å². The van der Waals surface area contributed by atoms with Crippen LogP contribution in [0.25, 0.3) is 0 Å². The van der Waals surface area contributed by atoms with Gasteiger partial charge in [-0.3, -0.25) is 4.79 Å². The molecule has 0 bridgehead atoms. The Labute approximate surface area is 99.9 Å². The molecule has 0 spiro atoms. The van der Waals surface area contributed by atoms with Gasteiger partial charge in [0.1, 0.15) is 0 Å². The van der Waals surface area contributed by atoms with Crippen molar-refractivity contribution in [2.45, 2.75) is 20.3 Å². The largest absolute Gasteiger partial charge is 0.462 e. The second-order valence-electron chi connectivity index (χ2n) is 3.43. The second kappa shape index (κ2) is 5.89. The monoisotopic (exact) mass is 236 g/mol. The van der Waals surface area contributed by atoms with Gasteiger partial charge in [-0.2, -0.15) is 0 Å². The first kappa shape index (κ1) is 13.0. The first-order valence-electron chi connectivity index (χ1n) is 5.45. The van der Waals surface area contributed by atoms with Crippen molar-refractivity contribution in [3.63, 3.8) is 0 Å². The van der Waals surface area contributed by atoms with Crippen LogP contribution >= 0.6 is 0 Å². The summed E-state index contributed by atoms with van der Waals surface area (Å²) in [4.78, 5) is 23.0. The standard InChI is InChI=1S/C12H16N2O3/c1-3-11(15)14-10-6-5-8(13)7-9(10)12(16)17-4-2/h5-7H,3-4,13H2,1-2H3,(H,14,15). The SMILES string of the molecule is CCOC(=O)c1cc(N)ccc1NC(=O)CC. The third kappa shape index (κ3) is 3.48. The van der Waals surface area contributed by atoms with E-state index in [2.05, 4.69) is 5.32 Å². The number of esters is 1. The van der Waals surface area contributed by atoms with Crippen LogP contribution in [0.2, 0.25) is 0 Å². The van der Waals surface area contributed by atoms with Crippen LogP contribution in [0.3, 0.4) is 0 Å². The molecule has 1 amide bonds. The zero-order chi connectivity index (χ0) is 12.8. The Hall–Kier alpha value is -2.04. The highest BCUT2D eigenvalue weighted by molar-refractivity contribution is 6.01. The molecule has 17 heavy (non-hydrogen) atoms. The zero-order valence-corrected chi connectivity index (χ0v) is 9.95. The Morgan fingerprint density at radius 1 is 1.35 bits per heavy atom. The molecule has 0 saturated carbocycles. The lowest BCUT2D eigenvalue weighted by Crippen LogP contribution is -2.15. The van der Waals surface area contributed by atoms with Crippen LogP contribution in [0.15, 0.2) is 18.2 Å². The van der Waals surface area contributed by atoms with Gasteiger partial charge in [-0.05, 0) is 25.1 Å². The van der Waals surface area contributed by atoms with Gasteiger partial charge >= 0.3 is 5.97 Å². The Balaban J connectivity index is 3.03. The van der Waals surface area contributed by atoms with Gasteiger partial charge < -0.3 is 15.8 Å². The molecule has 3 N–H and O–H groups in total. The third-order valence-electron chi connectivity index (χ3n) is 2.13. The molecule has 0 aliphatic carbocycles.